The number of piperidine rings is 1. The van der Waals surface area contributed by atoms with E-state index in [1.165, 1.54) is 16.8 Å². The lowest BCUT2D eigenvalue weighted by Crippen LogP contribution is -2.43. The summed E-state index contributed by atoms with van der Waals surface area (Å²) in [5.74, 6) is -1.50. The molecular weight excluding hydrogens is 528 g/mol. The van der Waals surface area contributed by atoms with Crippen molar-refractivity contribution in [3.05, 3.63) is 65.4 Å². The number of nitrogens with zero attached hydrogens (tertiary/aromatic N) is 2. The minimum absolute atomic E-state index is 0.0765. The lowest BCUT2D eigenvalue weighted by Gasteiger charge is -2.31. The normalized spacial score (nSPS) is 16.1. The van der Waals surface area contributed by atoms with E-state index < -0.39 is 21.8 Å². The number of aryl methyl sites for hydroxylation is 1. The topological polar surface area (TPSA) is 129 Å². The molecule has 1 aromatic carbocycles. The second-order valence-corrected chi connectivity index (χ2v) is 12.4. The first-order valence-electron chi connectivity index (χ1n) is 12.4. The highest BCUT2D eigenvalue weighted by atomic mass is 32.2. The molecule has 2 aliphatic rings. The van der Waals surface area contributed by atoms with Gasteiger partial charge in [-0.25, -0.2) is 8.42 Å². The molecule has 0 atom stereocenters. The Morgan fingerprint density at radius 3 is 2.58 bits per heavy atom. The van der Waals surface area contributed by atoms with Gasteiger partial charge < -0.3 is 20.0 Å². The zero-order valence-corrected chi connectivity index (χ0v) is 22.2. The van der Waals surface area contributed by atoms with Gasteiger partial charge in [-0.15, -0.1) is 11.3 Å². The SMILES string of the molecule is O=C(NCC1CCN(C(=O)c2ccoc2)CC1)C(=O)Nc1ccc2c(c1)N(S(=O)(=O)c1cccs1)CCC2. The third-order valence-corrected chi connectivity index (χ3v) is 10.1. The van der Waals surface area contributed by atoms with Gasteiger partial charge in [-0.1, -0.05) is 12.1 Å². The van der Waals surface area contributed by atoms with Gasteiger partial charge in [-0.2, -0.15) is 0 Å². The van der Waals surface area contributed by atoms with Crippen molar-refractivity contribution in [1.82, 2.24) is 10.2 Å². The standard InChI is InChI=1S/C26H28N4O6S2/c31-24(27-16-18-7-11-29(12-8-18)26(33)20-9-13-36-17-20)25(32)28-21-6-5-19-3-1-10-30(22(19)15-21)38(34,35)23-4-2-14-37-23/h2,4-6,9,13-15,17-18H,1,3,7-8,10-12,16H2,(H,27,31)(H,28,32). The van der Waals surface area contributed by atoms with Crippen molar-refractivity contribution in [2.45, 2.75) is 29.9 Å². The summed E-state index contributed by atoms with van der Waals surface area (Å²) in [6, 6.07) is 9.98. The molecule has 0 radical (unpaired) electrons. The molecule has 3 aromatic rings. The Kier molecular flexibility index (Phi) is 7.52. The third-order valence-electron chi connectivity index (χ3n) is 6.89. The van der Waals surface area contributed by atoms with E-state index in [1.807, 2.05) is 0 Å². The summed E-state index contributed by atoms with van der Waals surface area (Å²) >= 11 is 1.16. The molecule has 3 amide bonds. The zero-order chi connectivity index (χ0) is 26.7. The van der Waals surface area contributed by atoms with Gasteiger partial charge >= 0.3 is 11.8 Å². The van der Waals surface area contributed by atoms with Gasteiger partial charge in [0.2, 0.25) is 0 Å². The van der Waals surface area contributed by atoms with Crippen molar-refractivity contribution in [2.75, 3.05) is 35.8 Å². The van der Waals surface area contributed by atoms with Crippen LogP contribution < -0.4 is 14.9 Å². The van der Waals surface area contributed by atoms with Gasteiger partial charge in [-0.05, 0) is 66.8 Å². The number of hydrogen-bond acceptors (Lipinski definition) is 7. The predicted molar refractivity (Wildman–Crippen MR) is 143 cm³/mol. The second kappa shape index (κ2) is 11.0. The molecule has 38 heavy (non-hydrogen) atoms. The molecule has 0 aliphatic carbocycles. The first kappa shape index (κ1) is 26.0. The number of benzene rings is 1. The van der Waals surface area contributed by atoms with Crippen LogP contribution in [0.1, 0.15) is 35.2 Å². The smallest absolute Gasteiger partial charge is 0.313 e. The minimum Gasteiger partial charge on any atom is -0.472 e. The fourth-order valence-corrected chi connectivity index (χ4v) is 7.44. The molecule has 1 saturated heterocycles. The maximum Gasteiger partial charge on any atom is 0.313 e. The van der Waals surface area contributed by atoms with E-state index in [2.05, 4.69) is 10.6 Å². The van der Waals surface area contributed by atoms with Gasteiger partial charge in [0.1, 0.15) is 10.5 Å². The molecule has 4 heterocycles. The molecule has 200 valence electrons. The zero-order valence-electron chi connectivity index (χ0n) is 20.6. The van der Waals surface area contributed by atoms with Gasteiger partial charge in [0.15, 0.2) is 0 Å². The molecule has 0 spiro atoms. The van der Waals surface area contributed by atoms with E-state index in [4.69, 9.17) is 4.42 Å². The molecule has 10 nitrogen and oxygen atoms in total. The Labute approximate surface area is 224 Å². The number of likely N-dealkylation sites (tertiary alicyclic amines) is 1. The maximum absolute atomic E-state index is 13.2. The molecular formula is C26H28N4O6S2. The van der Waals surface area contributed by atoms with E-state index in [0.29, 0.717) is 62.4 Å². The summed E-state index contributed by atoms with van der Waals surface area (Å²) in [4.78, 5) is 39.2. The Morgan fingerprint density at radius 2 is 1.87 bits per heavy atom. The average Bonchev–Trinajstić information content (AvgIpc) is 3.67. The largest absolute Gasteiger partial charge is 0.472 e. The quantitative estimate of drug-likeness (QED) is 0.449. The first-order chi connectivity index (χ1) is 18.3. The maximum atomic E-state index is 13.2. The second-order valence-electron chi connectivity index (χ2n) is 9.37. The number of sulfonamides is 1. The highest BCUT2D eigenvalue weighted by molar-refractivity contribution is 7.94. The lowest BCUT2D eigenvalue weighted by atomic mass is 9.96. The van der Waals surface area contributed by atoms with Gasteiger partial charge in [0.25, 0.3) is 15.9 Å². The summed E-state index contributed by atoms with van der Waals surface area (Å²) in [6.07, 6.45) is 5.74. The number of hydrogen-bond donors (Lipinski definition) is 2. The molecule has 5 rings (SSSR count). The number of fused-ring (bicyclic) bond motifs is 1. The molecule has 2 aromatic heterocycles. The van der Waals surface area contributed by atoms with Crippen molar-refractivity contribution in [1.29, 1.82) is 0 Å². The van der Waals surface area contributed by atoms with Crippen molar-refractivity contribution >= 4 is 50.5 Å². The van der Waals surface area contributed by atoms with Crippen molar-refractivity contribution in [2.24, 2.45) is 5.92 Å². The van der Waals surface area contributed by atoms with E-state index in [1.54, 1.807) is 46.7 Å². The number of nitrogens with one attached hydrogen (secondary N) is 2. The fourth-order valence-electron chi connectivity index (χ4n) is 4.80. The highest BCUT2D eigenvalue weighted by Crippen LogP contribution is 2.35. The number of carbonyl (C=O) groups is 3. The number of anilines is 2. The van der Waals surface area contributed by atoms with Crippen LogP contribution in [0.4, 0.5) is 11.4 Å². The van der Waals surface area contributed by atoms with Crippen molar-refractivity contribution in [3.8, 4) is 0 Å². The molecule has 2 aliphatic heterocycles. The van der Waals surface area contributed by atoms with E-state index in [0.717, 1.165) is 23.3 Å². The van der Waals surface area contributed by atoms with Crippen LogP contribution in [-0.4, -0.2) is 57.2 Å². The minimum atomic E-state index is -3.71. The summed E-state index contributed by atoms with van der Waals surface area (Å²) in [5.41, 5.74) is 2.25. The van der Waals surface area contributed by atoms with E-state index in [9.17, 15) is 22.8 Å². The van der Waals surface area contributed by atoms with E-state index >= 15 is 0 Å². The molecule has 2 N–H and O–H groups in total. The molecule has 12 heteroatoms. The predicted octanol–water partition coefficient (Wildman–Crippen LogP) is 3.09. The Balaban J connectivity index is 1.16. The Hall–Kier alpha value is -3.64. The molecule has 0 bridgehead atoms. The summed E-state index contributed by atoms with van der Waals surface area (Å²) in [5, 5.41) is 7.00. The Morgan fingerprint density at radius 1 is 1.05 bits per heavy atom. The van der Waals surface area contributed by atoms with Crippen LogP contribution in [0.3, 0.4) is 0 Å². The summed E-state index contributed by atoms with van der Waals surface area (Å²) in [7, 11) is -3.71. The number of rotatable bonds is 6. The van der Waals surface area contributed by atoms with Gasteiger partial charge in [-0.3, -0.25) is 18.7 Å². The van der Waals surface area contributed by atoms with Crippen LogP contribution in [0.25, 0.3) is 0 Å². The molecule has 0 unspecified atom stereocenters. The van der Waals surface area contributed by atoms with E-state index in [-0.39, 0.29) is 16.0 Å². The fraction of sp³-hybridized carbons (Fsp3) is 0.346. The highest BCUT2D eigenvalue weighted by Gasteiger charge is 2.30. The number of carbonyl (C=O) groups excluding carboxylic acids is 3. The summed E-state index contributed by atoms with van der Waals surface area (Å²) < 4.78 is 32.9. The van der Waals surface area contributed by atoms with Crippen LogP contribution in [0.5, 0.6) is 0 Å². The van der Waals surface area contributed by atoms with Crippen LogP contribution in [0.2, 0.25) is 0 Å². The van der Waals surface area contributed by atoms with Crippen molar-refractivity contribution in [3.63, 3.8) is 0 Å². The summed E-state index contributed by atoms with van der Waals surface area (Å²) in [6.45, 7) is 1.81. The third kappa shape index (κ3) is 5.46. The monoisotopic (exact) mass is 556 g/mol. The van der Waals surface area contributed by atoms with Gasteiger partial charge in [0, 0.05) is 31.9 Å². The number of amides is 3. The van der Waals surface area contributed by atoms with Crippen LogP contribution in [0.15, 0.2) is 62.9 Å². The number of thiophene rings is 1. The lowest BCUT2D eigenvalue weighted by molar-refractivity contribution is -0.136. The van der Waals surface area contributed by atoms with Crippen molar-refractivity contribution < 1.29 is 27.2 Å². The molecule has 0 saturated carbocycles. The Bertz CT molecular complexity index is 1410. The average molecular weight is 557 g/mol. The van der Waals surface area contributed by atoms with Gasteiger partial charge in [0.05, 0.1) is 17.5 Å². The van der Waals surface area contributed by atoms with Crippen LogP contribution in [-0.2, 0) is 26.0 Å². The first-order valence-corrected chi connectivity index (χ1v) is 14.7. The van der Waals surface area contributed by atoms with Crippen LogP contribution in [0, 0.1) is 5.92 Å². The number of furan rings is 1. The molecule has 1 fully saturated rings. The van der Waals surface area contributed by atoms with Crippen LogP contribution >= 0.6 is 11.3 Å².